The fraction of sp³-hybridized carbons (Fsp3) is 0.417. The maximum absolute atomic E-state index is 13.3. The van der Waals surface area contributed by atoms with E-state index in [2.05, 4.69) is 0 Å². The van der Waals surface area contributed by atoms with Crippen molar-refractivity contribution < 1.29 is 14.7 Å². The molecular weight excluding hydrogens is 364 g/mol. The second-order valence-electron chi connectivity index (χ2n) is 8.41. The summed E-state index contributed by atoms with van der Waals surface area (Å²) in [4.78, 5) is 30.2. The Bertz CT molecular complexity index is 923. The number of carbonyl (C=O) groups is 2. The van der Waals surface area contributed by atoms with E-state index in [1.165, 1.54) is 0 Å². The molecular formula is C24H26N2O3. The molecule has 0 bridgehead atoms. The summed E-state index contributed by atoms with van der Waals surface area (Å²) in [7, 11) is 0. The molecule has 29 heavy (non-hydrogen) atoms. The number of aliphatic hydroxyl groups excluding tert-OH is 1. The number of rotatable bonds is 3. The van der Waals surface area contributed by atoms with Crippen LogP contribution in [-0.4, -0.2) is 47.1 Å². The first kappa shape index (κ1) is 18.4. The molecule has 0 unspecified atom stereocenters. The van der Waals surface area contributed by atoms with E-state index in [-0.39, 0.29) is 42.3 Å². The Morgan fingerprint density at radius 3 is 2.38 bits per heavy atom. The highest BCUT2D eigenvalue weighted by molar-refractivity contribution is 5.99. The summed E-state index contributed by atoms with van der Waals surface area (Å²) in [6, 6.07) is 16.9. The lowest BCUT2D eigenvalue weighted by molar-refractivity contribution is -0.123. The van der Waals surface area contributed by atoms with E-state index in [4.69, 9.17) is 0 Å². The average molecular weight is 390 g/mol. The van der Waals surface area contributed by atoms with E-state index in [1.807, 2.05) is 59.5 Å². The summed E-state index contributed by atoms with van der Waals surface area (Å²) in [6.45, 7) is 0.427. The van der Waals surface area contributed by atoms with Crippen molar-refractivity contribution in [3.8, 4) is 0 Å². The van der Waals surface area contributed by atoms with Crippen molar-refractivity contribution in [1.82, 2.24) is 4.90 Å². The van der Waals surface area contributed by atoms with Gasteiger partial charge in [-0.15, -0.1) is 0 Å². The highest BCUT2D eigenvalue weighted by Gasteiger charge is 2.55. The lowest BCUT2D eigenvalue weighted by Gasteiger charge is -2.59. The Labute approximate surface area is 170 Å². The van der Waals surface area contributed by atoms with Gasteiger partial charge in [0.25, 0.3) is 5.91 Å². The molecule has 3 aliphatic rings. The standard InChI is InChI=1S/C24H26N2O3/c27-15-21-22-18-12-6-7-13-19(18)25(23(28)16-10-4-5-11-16)14-20(22)26(21)24(29)17-8-2-1-3-9-17/h1-3,6-9,12-13,16,20-22,27H,4-5,10-11,14-15H2/t20-,21+,22+/m1/s1. The predicted molar refractivity (Wildman–Crippen MR) is 111 cm³/mol. The molecule has 5 rings (SSSR count). The van der Waals surface area contributed by atoms with Gasteiger partial charge in [0.1, 0.15) is 0 Å². The number of carbonyl (C=O) groups excluding carboxylic acids is 2. The van der Waals surface area contributed by atoms with Gasteiger partial charge in [-0.1, -0.05) is 49.2 Å². The molecule has 1 saturated carbocycles. The van der Waals surface area contributed by atoms with E-state index in [0.29, 0.717) is 12.1 Å². The quantitative estimate of drug-likeness (QED) is 0.876. The summed E-state index contributed by atoms with van der Waals surface area (Å²) < 4.78 is 0. The summed E-state index contributed by atoms with van der Waals surface area (Å²) >= 11 is 0. The van der Waals surface area contributed by atoms with E-state index >= 15 is 0 Å². The van der Waals surface area contributed by atoms with Crippen molar-refractivity contribution in [3.63, 3.8) is 0 Å². The number of para-hydroxylation sites is 1. The fourth-order valence-corrected chi connectivity index (χ4v) is 5.50. The minimum atomic E-state index is -0.252. The topological polar surface area (TPSA) is 60.9 Å². The van der Waals surface area contributed by atoms with Crippen molar-refractivity contribution in [3.05, 3.63) is 65.7 Å². The minimum absolute atomic E-state index is 0.0662. The van der Waals surface area contributed by atoms with Gasteiger partial charge in [0.15, 0.2) is 0 Å². The molecule has 1 aliphatic carbocycles. The van der Waals surface area contributed by atoms with Crippen molar-refractivity contribution in [2.24, 2.45) is 5.92 Å². The molecule has 2 heterocycles. The van der Waals surface area contributed by atoms with E-state index in [1.54, 1.807) is 4.90 Å². The molecule has 1 N–H and O–H groups in total. The van der Waals surface area contributed by atoms with Crippen LogP contribution in [0, 0.1) is 5.92 Å². The lowest BCUT2D eigenvalue weighted by Crippen LogP contribution is -2.71. The molecule has 2 aromatic rings. The summed E-state index contributed by atoms with van der Waals surface area (Å²) in [5.41, 5.74) is 2.65. The Morgan fingerprint density at radius 2 is 1.66 bits per heavy atom. The van der Waals surface area contributed by atoms with Gasteiger partial charge in [-0.2, -0.15) is 0 Å². The molecule has 0 aromatic heterocycles. The molecule has 150 valence electrons. The zero-order valence-corrected chi connectivity index (χ0v) is 16.4. The van der Waals surface area contributed by atoms with Gasteiger partial charge in [-0.25, -0.2) is 0 Å². The highest BCUT2D eigenvalue weighted by Crippen LogP contribution is 2.49. The molecule has 0 spiro atoms. The number of aliphatic hydroxyl groups is 1. The number of benzene rings is 2. The van der Waals surface area contributed by atoms with Crippen LogP contribution in [-0.2, 0) is 4.79 Å². The SMILES string of the molecule is O=C(C1CCCC1)N1C[C@@H]2[C@H](c3ccccc31)[C@H](CO)N2C(=O)c1ccccc1. The molecule has 2 aromatic carbocycles. The first-order valence-electron chi connectivity index (χ1n) is 10.6. The van der Waals surface area contributed by atoms with Crippen LogP contribution in [0.2, 0.25) is 0 Å². The Kier molecular flexibility index (Phi) is 4.63. The molecule has 1 saturated heterocycles. The fourth-order valence-electron chi connectivity index (χ4n) is 5.50. The van der Waals surface area contributed by atoms with Crippen molar-refractivity contribution in [1.29, 1.82) is 0 Å². The van der Waals surface area contributed by atoms with Gasteiger partial charge in [0, 0.05) is 29.6 Å². The molecule has 0 radical (unpaired) electrons. The second-order valence-corrected chi connectivity index (χ2v) is 8.41. The molecule has 2 amide bonds. The number of fused-ring (bicyclic) bond motifs is 3. The Hall–Kier alpha value is -2.66. The second kappa shape index (κ2) is 7.30. The third-order valence-electron chi connectivity index (χ3n) is 6.91. The van der Waals surface area contributed by atoms with Crippen molar-refractivity contribution in [2.45, 2.75) is 43.7 Å². The number of anilines is 1. The first-order chi connectivity index (χ1) is 14.2. The van der Waals surface area contributed by atoms with Crippen LogP contribution in [0.25, 0.3) is 0 Å². The smallest absolute Gasteiger partial charge is 0.254 e. The number of nitrogens with zero attached hydrogens (tertiary/aromatic N) is 2. The van der Waals surface area contributed by atoms with Crippen LogP contribution >= 0.6 is 0 Å². The van der Waals surface area contributed by atoms with Gasteiger partial charge in [0.2, 0.25) is 5.91 Å². The normalized spacial score (nSPS) is 25.9. The van der Waals surface area contributed by atoms with Crippen LogP contribution in [0.15, 0.2) is 54.6 Å². The monoisotopic (exact) mass is 390 g/mol. The van der Waals surface area contributed by atoms with Crippen LogP contribution in [0.4, 0.5) is 5.69 Å². The van der Waals surface area contributed by atoms with Crippen LogP contribution in [0.3, 0.4) is 0 Å². The van der Waals surface area contributed by atoms with Crippen molar-refractivity contribution in [2.75, 3.05) is 18.1 Å². The summed E-state index contributed by atoms with van der Waals surface area (Å²) in [5, 5.41) is 10.1. The molecule has 2 fully saturated rings. The molecule has 2 aliphatic heterocycles. The van der Waals surface area contributed by atoms with Gasteiger partial charge in [-0.3, -0.25) is 9.59 Å². The minimum Gasteiger partial charge on any atom is -0.394 e. The number of hydrogen-bond donors (Lipinski definition) is 1. The summed E-state index contributed by atoms with van der Waals surface area (Å²) in [5.74, 6) is 0.273. The first-order valence-corrected chi connectivity index (χ1v) is 10.6. The zero-order chi connectivity index (χ0) is 20.0. The maximum atomic E-state index is 13.3. The maximum Gasteiger partial charge on any atom is 0.254 e. The largest absolute Gasteiger partial charge is 0.394 e. The number of likely N-dealkylation sites (tertiary alicyclic amines) is 1. The summed E-state index contributed by atoms with van der Waals surface area (Å²) in [6.07, 6.45) is 4.14. The Balaban J connectivity index is 1.50. The van der Waals surface area contributed by atoms with Gasteiger partial charge in [0.05, 0.1) is 18.7 Å². The third kappa shape index (κ3) is 2.87. The molecule has 3 atom stereocenters. The van der Waals surface area contributed by atoms with Gasteiger partial charge < -0.3 is 14.9 Å². The van der Waals surface area contributed by atoms with E-state index < -0.39 is 0 Å². The van der Waals surface area contributed by atoms with Crippen LogP contribution in [0.1, 0.15) is 47.5 Å². The van der Waals surface area contributed by atoms with Gasteiger partial charge in [-0.05, 0) is 36.6 Å². The molecule has 5 heteroatoms. The van der Waals surface area contributed by atoms with E-state index in [9.17, 15) is 14.7 Å². The Morgan fingerprint density at radius 1 is 0.966 bits per heavy atom. The number of amides is 2. The number of hydrogen-bond acceptors (Lipinski definition) is 3. The van der Waals surface area contributed by atoms with Crippen molar-refractivity contribution >= 4 is 17.5 Å². The average Bonchev–Trinajstić information content (AvgIpc) is 3.29. The zero-order valence-electron chi connectivity index (χ0n) is 16.4. The molecule has 5 nitrogen and oxygen atoms in total. The lowest BCUT2D eigenvalue weighted by atomic mass is 9.71. The van der Waals surface area contributed by atoms with Crippen LogP contribution < -0.4 is 4.90 Å². The predicted octanol–water partition coefficient (Wildman–Crippen LogP) is 3.19. The van der Waals surface area contributed by atoms with Gasteiger partial charge >= 0.3 is 0 Å². The van der Waals surface area contributed by atoms with Crippen LogP contribution in [0.5, 0.6) is 0 Å². The third-order valence-corrected chi connectivity index (χ3v) is 6.91. The highest BCUT2D eigenvalue weighted by atomic mass is 16.3. The van der Waals surface area contributed by atoms with E-state index in [0.717, 1.165) is 36.9 Å².